The number of para-hydroxylation sites is 2. The fourth-order valence-corrected chi connectivity index (χ4v) is 6.85. The highest BCUT2D eigenvalue weighted by Crippen LogP contribution is 2.49. The summed E-state index contributed by atoms with van der Waals surface area (Å²) in [7, 11) is 1.66. The molecule has 2 saturated carbocycles. The molecule has 4 atom stereocenters. The molecule has 5 rings (SSSR count). The number of thioether (sulfide) groups is 1. The van der Waals surface area contributed by atoms with Crippen molar-refractivity contribution in [2.75, 3.05) is 12.9 Å². The summed E-state index contributed by atoms with van der Waals surface area (Å²) >= 11 is 3.03. The Morgan fingerprint density at radius 1 is 1.25 bits per heavy atom. The highest BCUT2D eigenvalue weighted by molar-refractivity contribution is 7.99. The molecule has 2 aliphatic rings. The first-order valence-electron chi connectivity index (χ1n) is 11.2. The van der Waals surface area contributed by atoms with Crippen molar-refractivity contribution in [2.24, 2.45) is 17.8 Å². The Balaban J connectivity index is 1.33. The number of nitrogens with zero attached hydrogens (tertiary/aromatic N) is 3. The summed E-state index contributed by atoms with van der Waals surface area (Å²) in [4.78, 5) is 13.8. The molecule has 2 bridgehead atoms. The Hall–Kier alpha value is -2.32. The second-order valence-corrected chi connectivity index (χ2v) is 10.7. The van der Waals surface area contributed by atoms with Gasteiger partial charge in [-0.3, -0.25) is 9.36 Å². The number of amides is 1. The van der Waals surface area contributed by atoms with Gasteiger partial charge in [0.05, 0.1) is 23.4 Å². The minimum absolute atomic E-state index is 0.0533. The van der Waals surface area contributed by atoms with E-state index >= 15 is 0 Å². The average Bonchev–Trinajstić information content (AvgIpc) is 3.61. The summed E-state index contributed by atoms with van der Waals surface area (Å²) in [5, 5.41) is 14.8. The van der Waals surface area contributed by atoms with Crippen molar-refractivity contribution in [1.29, 1.82) is 0 Å². The molecule has 0 aliphatic heterocycles. The maximum atomic E-state index is 12.8. The molecule has 0 radical (unpaired) electrons. The van der Waals surface area contributed by atoms with E-state index in [1.165, 1.54) is 37.4 Å². The van der Waals surface area contributed by atoms with Gasteiger partial charge in [0.25, 0.3) is 0 Å². The van der Waals surface area contributed by atoms with Crippen molar-refractivity contribution >= 4 is 29.0 Å². The number of benzene rings is 1. The van der Waals surface area contributed by atoms with Crippen molar-refractivity contribution in [2.45, 2.75) is 43.8 Å². The van der Waals surface area contributed by atoms with Crippen LogP contribution in [-0.4, -0.2) is 39.6 Å². The number of hydrogen-bond donors (Lipinski definition) is 1. The van der Waals surface area contributed by atoms with Gasteiger partial charge >= 0.3 is 0 Å². The van der Waals surface area contributed by atoms with E-state index in [9.17, 15) is 4.79 Å². The zero-order chi connectivity index (χ0) is 22.1. The van der Waals surface area contributed by atoms with Crippen LogP contribution in [0.1, 0.15) is 32.6 Å². The van der Waals surface area contributed by atoms with E-state index in [0.29, 0.717) is 16.8 Å². The molecular weight excluding hydrogens is 440 g/mol. The number of aromatic nitrogens is 3. The molecule has 0 saturated heterocycles. The minimum Gasteiger partial charge on any atom is -0.495 e. The first-order chi connectivity index (χ1) is 15.6. The van der Waals surface area contributed by atoms with E-state index in [-0.39, 0.29) is 11.9 Å². The number of rotatable bonds is 8. The lowest BCUT2D eigenvalue weighted by Crippen LogP contribution is -2.40. The van der Waals surface area contributed by atoms with Crippen molar-refractivity contribution in [3.05, 3.63) is 41.8 Å². The third-order valence-electron chi connectivity index (χ3n) is 6.86. The van der Waals surface area contributed by atoms with Crippen LogP contribution in [0.3, 0.4) is 0 Å². The molecule has 2 aromatic heterocycles. The molecule has 1 aromatic carbocycles. The molecule has 8 heteroatoms. The van der Waals surface area contributed by atoms with Gasteiger partial charge in [0.15, 0.2) is 11.0 Å². The molecule has 2 fully saturated rings. The summed E-state index contributed by atoms with van der Waals surface area (Å²) in [5.41, 5.74) is 0.863. The zero-order valence-corrected chi connectivity index (χ0v) is 20.0. The number of methoxy groups -OCH3 is 1. The molecule has 2 heterocycles. The Morgan fingerprint density at radius 2 is 2.12 bits per heavy atom. The van der Waals surface area contributed by atoms with Crippen LogP contribution in [0.25, 0.3) is 16.4 Å². The fourth-order valence-electron chi connectivity index (χ4n) is 5.40. The van der Waals surface area contributed by atoms with Crippen molar-refractivity contribution in [1.82, 2.24) is 20.1 Å². The normalized spacial score (nSPS) is 22.8. The largest absolute Gasteiger partial charge is 0.495 e. The third-order valence-corrected chi connectivity index (χ3v) is 8.65. The lowest BCUT2D eigenvalue weighted by Gasteiger charge is -2.28. The summed E-state index contributed by atoms with van der Waals surface area (Å²) in [6.45, 7) is 2.17. The fraction of sp³-hybridized carbons (Fsp3) is 0.458. The second kappa shape index (κ2) is 9.27. The number of ether oxygens (including phenoxy) is 1. The molecule has 168 valence electrons. The number of carbonyl (C=O) groups is 1. The predicted octanol–water partition coefficient (Wildman–Crippen LogP) is 5.04. The lowest BCUT2D eigenvalue weighted by molar-refractivity contribution is -0.119. The van der Waals surface area contributed by atoms with Gasteiger partial charge in [-0.1, -0.05) is 36.4 Å². The van der Waals surface area contributed by atoms with Gasteiger partial charge in [-0.15, -0.1) is 21.5 Å². The first-order valence-corrected chi connectivity index (χ1v) is 13.1. The number of fused-ring (bicyclic) bond motifs is 2. The summed E-state index contributed by atoms with van der Waals surface area (Å²) in [6.07, 6.45) is 5.33. The number of carbonyl (C=O) groups excluding carboxylic acids is 1. The first kappa shape index (κ1) is 21.5. The highest BCUT2D eigenvalue weighted by Gasteiger charge is 2.42. The van der Waals surface area contributed by atoms with E-state index in [2.05, 4.69) is 22.4 Å². The number of hydrogen-bond acceptors (Lipinski definition) is 6. The van der Waals surface area contributed by atoms with E-state index in [1.807, 2.05) is 46.3 Å². The Morgan fingerprint density at radius 3 is 2.84 bits per heavy atom. The zero-order valence-electron chi connectivity index (χ0n) is 18.4. The Kier molecular flexibility index (Phi) is 6.24. The van der Waals surface area contributed by atoms with Gasteiger partial charge < -0.3 is 10.1 Å². The molecule has 1 N–H and O–H groups in total. The maximum Gasteiger partial charge on any atom is 0.230 e. The van der Waals surface area contributed by atoms with Crippen LogP contribution in [0.5, 0.6) is 5.75 Å². The standard InChI is InChI=1S/C24H28N4O2S2/c1-15(18-13-16-9-10-17(18)12-16)25-22(29)14-32-24-27-26-23(21-8-5-11-31-21)28(24)19-6-3-4-7-20(19)30-2/h3-8,11,15-18H,9-10,12-14H2,1-2H3,(H,25,29)/t15-,16+,17+,18+/m0/s1. The van der Waals surface area contributed by atoms with Crippen LogP contribution in [0, 0.1) is 17.8 Å². The molecule has 0 unspecified atom stereocenters. The summed E-state index contributed by atoms with van der Waals surface area (Å²) < 4.78 is 7.58. The smallest absolute Gasteiger partial charge is 0.230 e. The van der Waals surface area contributed by atoms with Crippen LogP contribution in [0.4, 0.5) is 0 Å². The molecule has 0 spiro atoms. The van der Waals surface area contributed by atoms with E-state index in [4.69, 9.17) is 4.74 Å². The molecule has 6 nitrogen and oxygen atoms in total. The Labute approximate surface area is 196 Å². The SMILES string of the molecule is COc1ccccc1-n1c(SCC(=O)N[C@@H](C)[C@H]2C[C@@H]3CC[C@@H]2C3)nnc1-c1cccs1. The second-order valence-electron chi connectivity index (χ2n) is 8.77. The van der Waals surface area contributed by atoms with Gasteiger partial charge in [-0.2, -0.15) is 0 Å². The molecule has 2 aliphatic carbocycles. The summed E-state index contributed by atoms with van der Waals surface area (Å²) in [6, 6.07) is 12.1. The van der Waals surface area contributed by atoms with Gasteiger partial charge in [0, 0.05) is 6.04 Å². The quantitative estimate of drug-likeness (QED) is 0.469. The van der Waals surface area contributed by atoms with Gasteiger partial charge in [0.1, 0.15) is 5.75 Å². The lowest BCUT2D eigenvalue weighted by atomic mass is 9.84. The van der Waals surface area contributed by atoms with Crippen molar-refractivity contribution in [3.63, 3.8) is 0 Å². The van der Waals surface area contributed by atoms with Crippen molar-refractivity contribution < 1.29 is 9.53 Å². The van der Waals surface area contributed by atoms with Gasteiger partial charge in [-0.25, -0.2) is 0 Å². The van der Waals surface area contributed by atoms with E-state index in [0.717, 1.165) is 34.0 Å². The maximum absolute atomic E-state index is 12.8. The summed E-state index contributed by atoms with van der Waals surface area (Å²) in [5.74, 6) is 4.16. The third kappa shape index (κ3) is 4.18. The molecule has 3 aromatic rings. The van der Waals surface area contributed by atoms with Crippen LogP contribution < -0.4 is 10.1 Å². The van der Waals surface area contributed by atoms with Crippen LogP contribution in [-0.2, 0) is 4.79 Å². The van der Waals surface area contributed by atoms with Crippen LogP contribution >= 0.6 is 23.1 Å². The van der Waals surface area contributed by atoms with Crippen molar-refractivity contribution in [3.8, 4) is 22.1 Å². The highest BCUT2D eigenvalue weighted by atomic mass is 32.2. The van der Waals surface area contributed by atoms with Crippen LogP contribution in [0.15, 0.2) is 46.9 Å². The predicted molar refractivity (Wildman–Crippen MR) is 128 cm³/mol. The number of thiophene rings is 1. The van der Waals surface area contributed by atoms with E-state index in [1.54, 1.807) is 18.4 Å². The monoisotopic (exact) mass is 468 g/mol. The van der Waals surface area contributed by atoms with Crippen LogP contribution in [0.2, 0.25) is 0 Å². The average molecular weight is 469 g/mol. The van der Waals surface area contributed by atoms with Gasteiger partial charge in [-0.05, 0) is 67.5 Å². The topological polar surface area (TPSA) is 69.0 Å². The molecular formula is C24H28N4O2S2. The number of nitrogens with one attached hydrogen (secondary N) is 1. The van der Waals surface area contributed by atoms with Gasteiger partial charge in [0.2, 0.25) is 5.91 Å². The molecule has 1 amide bonds. The Bertz CT molecular complexity index is 1080. The van der Waals surface area contributed by atoms with E-state index < -0.39 is 0 Å². The minimum atomic E-state index is 0.0533. The molecule has 32 heavy (non-hydrogen) atoms.